The largest absolute Gasteiger partial charge is 0.497 e. The van der Waals surface area contributed by atoms with Crippen LogP contribution >= 0.6 is 0 Å². The maximum absolute atomic E-state index is 13.4. The Morgan fingerprint density at radius 1 is 1.11 bits per heavy atom. The molecule has 1 aliphatic heterocycles. The number of non-ortho nitro benzene ring substituents is 1. The first-order valence-electron chi connectivity index (χ1n) is 11.2. The van der Waals surface area contributed by atoms with Crippen LogP contribution in [0.25, 0.3) is 10.9 Å². The summed E-state index contributed by atoms with van der Waals surface area (Å²) in [6.45, 7) is -0.281. The van der Waals surface area contributed by atoms with E-state index in [-0.39, 0.29) is 35.1 Å². The van der Waals surface area contributed by atoms with Gasteiger partial charge in [0.1, 0.15) is 12.3 Å². The van der Waals surface area contributed by atoms with Gasteiger partial charge in [-0.2, -0.15) is 5.10 Å². The minimum Gasteiger partial charge on any atom is -0.497 e. The lowest BCUT2D eigenvalue weighted by Gasteiger charge is -2.22. The number of carbonyl (C=O) groups is 1. The molecule has 0 saturated carbocycles. The normalized spacial score (nSPS) is 15.1. The van der Waals surface area contributed by atoms with E-state index >= 15 is 0 Å². The maximum atomic E-state index is 13.4. The molecule has 2 heterocycles. The average Bonchev–Trinajstić information content (AvgIpc) is 3.36. The first-order chi connectivity index (χ1) is 17.4. The van der Waals surface area contributed by atoms with E-state index in [4.69, 9.17) is 4.74 Å². The second-order valence-corrected chi connectivity index (χ2v) is 8.28. The molecule has 1 aliphatic rings. The van der Waals surface area contributed by atoms with Crippen molar-refractivity contribution in [1.82, 2.24) is 14.6 Å². The number of hydrazone groups is 1. The number of hydrogen-bond donors (Lipinski definition) is 0. The molecule has 0 radical (unpaired) electrons. The van der Waals surface area contributed by atoms with Gasteiger partial charge in [-0.1, -0.05) is 42.5 Å². The Labute approximate surface area is 205 Å². The summed E-state index contributed by atoms with van der Waals surface area (Å²) in [5, 5.41) is 17.3. The van der Waals surface area contributed by atoms with E-state index in [1.807, 2.05) is 54.6 Å². The second-order valence-electron chi connectivity index (χ2n) is 8.28. The van der Waals surface area contributed by atoms with Gasteiger partial charge in [0, 0.05) is 18.6 Å². The lowest BCUT2D eigenvalue weighted by atomic mass is 9.98. The number of nitro benzene ring substituents is 1. The molecule has 0 bridgehead atoms. The molecule has 0 N–H and O–H groups in total. The van der Waals surface area contributed by atoms with Gasteiger partial charge in [-0.15, -0.1) is 0 Å². The topological polar surface area (TPSA) is 120 Å². The number of carbonyl (C=O) groups excluding carboxylic acids is 1. The Balaban J connectivity index is 1.47. The lowest BCUT2D eigenvalue weighted by molar-refractivity contribution is -0.384. The van der Waals surface area contributed by atoms with Gasteiger partial charge in [0.15, 0.2) is 0 Å². The van der Waals surface area contributed by atoms with Gasteiger partial charge < -0.3 is 4.74 Å². The summed E-state index contributed by atoms with van der Waals surface area (Å²) in [4.78, 5) is 41.1. The summed E-state index contributed by atoms with van der Waals surface area (Å²) in [7, 11) is 1.59. The Hall–Kier alpha value is -4.86. The Morgan fingerprint density at radius 3 is 2.56 bits per heavy atom. The summed E-state index contributed by atoms with van der Waals surface area (Å²) in [5.41, 5.74) is 2.13. The number of benzene rings is 3. The molecule has 3 aromatic carbocycles. The van der Waals surface area contributed by atoms with E-state index < -0.39 is 10.5 Å². The standard InChI is InChI=1S/C26H21N5O5/c1-36-20-10-7-18(8-11-20)24-14-22(17-5-3-2-4-6-17)28-30(24)25(32)15-29-16-27-23-13-19(31(34)35)9-12-21(23)26(29)33/h2-13,16,24H,14-15H2,1H3. The van der Waals surface area contributed by atoms with E-state index in [0.717, 1.165) is 16.8 Å². The molecule has 0 aliphatic carbocycles. The van der Waals surface area contributed by atoms with Gasteiger partial charge in [-0.05, 0) is 29.3 Å². The van der Waals surface area contributed by atoms with Crippen LogP contribution in [0.4, 0.5) is 5.69 Å². The van der Waals surface area contributed by atoms with Crippen molar-refractivity contribution in [3.05, 3.63) is 111 Å². The smallest absolute Gasteiger partial charge is 0.271 e. The Kier molecular flexibility index (Phi) is 5.99. The third-order valence-corrected chi connectivity index (χ3v) is 6.10. The molecular weight excluding hydrogens is 462 g/mol. The van der Waals surface area contributed by atoms with Crippen molar-refractivity contribution in [2.45, 2.75) is 19.0 Å². The number of fused-ring (bicyclic) bond motifs is 1. The lowest BCUT2D eigenvalue weighted by Crippen LogP contribution is -2.34. The quantitative estimate of drug-likeness (QED) is 0.305. The minimum atomic E-state index is -0.550. The molecular formula is C26H21N5O5. The van der Waals surface area contributed by atoms with Gasteiger partial charge in [0.05, 0.1) is 41.0 Å². The first kappa shape index (κ1) is 22.9. The summed E-state index contributed by atoms with van der Waals surface area (Å²) >= 11 is 0. The predicted molar refractivity (Wildman–Crippen MR) is 133 cm³/mol. The molecule has 4 aromatic rings. The van der Waals surface area contributed by atoms with Crippen LogP contribution in [0.5, 0.6) is 5.75 Å². The third-order valence-electron chi connectivity index (χ3n) is 6.10. The van der Waals surface area contributed by atoms with Gasteiger partial charge >= 0.3 is 0 Å². The third kappa shape index (κ3) is 4.31. The molecule has 10 nitrogen and oxygen atoms in total. The van der Waals surface area contributed by atoms with Crippen LogP contribution in [0.1, 0.15) is 23.6 Å². The van der Waals surface area contributed by atoms with Gasteiger partial charge in [0.25, 0.3) is 17.2 Å². The highest BCUT2D eigenvalue weighted by molar-refractivity contribution is 6.03. The number of aromatic nitrogens is 2. The highest BCUT2D eigenvalue weighted by Crippen LogP contribution is 2.33. The van der Waals surface area contributed by atoms with Gasteiger partial charge in [0.2, 0.25) is 0 Å². The average molecular weight is 483 g/mol. The molecule has 1 aromatic heterocycles. The SMILES string of the molecule is COc1ccc(C2CC(c3ccccc3)=NN2C(=O)Cn2cnc3cc([N+](=O)[O-])ccc3c2=O)cc1. The molecule has 36 heavy (non-hydrogen) atoms. The molecule has 10 heteroatoms. The monoisotopic (exact) mass is 483 g/mol. The van der Waals surface area contributed by atoms with Gasteiger partial charge in [-0.3, -0.25) is 24.3 Å². The van der Waals surface area contributed by atoms with E-state index in [0.29, 0.717) is 12.2 Å². The Morgan fingerprint density at radius 2 is 1.86 bits per heavy atom. The summed E-state index contributed by atoms with van der Waals surface area (Å²) < 4.78 is 6.44. The van der Waals surface area contributed by atoms with Crippen LogP contribution in [0, 0.1) is 10.1 Å². The molecule has 1 atom stereocenters. The zero-order valence-electron chi connectivity index (χ0n) is 19.3. The van der Waals surface area contributed by atoms with Gasteiger partial charge in [-0.25, -0.2) is 9.99 Å². The van der Waals surface area contributed by atoms with Crippen molar-refractivity contribution in [2.75, 3.05) is 7.11 Å². The maximum Gasteiger partial charge on any atom is 0.271 e. The predicted octanol–water partition coefficient (Wildman–Crippen LogP) is 3.69. The van der Waals surface area contributed by atoms with Crippen molar-refractivity contribution < 1.29 is 14.5 Å². The second kappa shape index (κ2) is 9.41. The molecule has 0 spiro atoms. The minimum absolute atomic E-state index is 0.162. The fourth-order valence-electron chi connectivity index (χ4n) is 4.22. The highest BCUT2D eigenvalue weighted by atomic mass is 16.6. The first-order valence-corrected chi connectivity index (χ1v) is 11.2. The fraction of sp³-hybridized carbons (Fsp3) is 0.154. The molecule has 5 rings (SSSR count). The zero-order valence-corrected chi connectivity index (χ0v) is 19.3. The van der Waals surface area contributed by atoms with Crippen LogP contribution in [-0.4, -0.2) is 38.2 Å². The Bertz CT molecular complexity index is 1550. The molecule has 180 valence electrons. The fourth-order valence-corrected chi connectivity index (χ4v) is 4.22. The number of ether oxygens (including phenoxy) is 1. The number of rotatable bonds is 6. The van der Waals surface area contributed by atoms with Crippen molar-refractivity contribution in [3.63, 3.8) is 0 Å². The number of methoxy groups -OCH3 is 1. The molecule has 1 unspecified atom stereocenters. The van der Waals surface area contributed by atoms with Crippen LogP contribution in [-0.2, 0) is 11.3 Å². The van der Waals surface area contributed by atoms with Crippen molar-refractivity contribution in [3.8, 4) is 5.75 Å². The number of nitrogens with zero attached hydrogens (tertiary/aromatic N) is 5. The van der Waals surface area contributed by atoms with Crippen LogP contribution in [0.2, 0.25) is 0 Å². The summed E-state index contributed by atoms with van der Waals surface area (Å²) in [6, 6.07) is 20.5. The number of hydrogen-bond acceptors (Lipinski definition) is 7. The van der Waals surface area contributed by atoms with Crippen molar-refractivity contribution >= 4 is 28.2 Å². The van der Waals surface area contributed by atoms with Crippen molar-refractivity contribution in [1.29, 1.82) is 0 Å². The van der Waals surface area contributed by atoms with E-state index in [1.165, 1.54) is 34.1 Å². The van der Waals surface area contributed by atoms with Crippen LogP contribution < -0.4 is 10.3 Å². The molecule has 0 saturated heterocycles. The summed E-state index contributed by atoms with van der Waals surface area (Å²) in [6.07, 6.45) is 1.74. The summed E-state index contributed by atoms with van der Waals surface area (Å²) in [5.74, 6) is 0.319. The zero-order chi connectivity index (χ0) is 25.2. The molecule has 0 fully saturated rings. The number of amides is 1. The van der Waals surface area contributed by atoms with Crippen molar-refractivity contribution in [2.24, 2.45) is 5.10 Å². The number of nitro groups is 1. The highest BCUT2D eigenvalue weighted by Gasteiger charge is 2.33. The van der Waals surface area contributed by atoms with E-state index in [1.54, 1.807) is 7.11 Å². The van der Waals surface area contributed by atoms with E-state index in [2.05, 4.69) is 10.1 Å². The van der Waals surface area contributed by atoms with Crippen LogP contribution in [0.15, 0.2) is 89.0 Å². The van der Waals surface area contributed by atoms with Crippen LogP contribution in [0.3, 0.4) is 0 Å². The molecule has 1 amide bonds. The van der Waals surface area contributed by atoms with E-state index in [9.17, 15) is 19.7 Å².